The van der Waals surface area contributed by atoms with Gasteiger partial charge in [-0.15, -0.1) is 0 Å². The number of nitrogens with zero attached hydrogens (tertiary/aromatic N) is 3. The Hall–Kier alpha value is -3.39. The van der Waals surface area contributed by atoms with Crippen molar-refractivity contribution in [3.8, 4) is 0 Å². The van der Waals surface area contributed by atoms with Crippen molar-refractivity contribution in [2.24, 2.45) is 0 Å². The van der Waals surface area contributed by atoms with Crippen molar-refractivity contribution in [1.29, 1.82) is 0 Å². The summed E-state index contributed by atoms with van der Waals surface area (Å²) >= 11 is 0. The fourth-order valence-corrected chi connectivity index (χ4v) is 4.40. The third-order valence-corrected chi connectivity index (χ3v) is 6.16. The van der Waals surface area contributed by atoms with Gasteiger partial charge in [0, 0.05) is 24.5 Å². The number of anilines is 2. The summed E-state index contributed by atoms with van der Waals surface area (Å²) in [6, 6.07) is 17.8. The van der Waals surface area contributed by atoms with Gasteiger partial charge >= 0.3 is 0 Å². The molecule has 7 nitrogen and oxygen atoms in total. The van der Waals surface area contributed by atoms with Crippen molar-refractivity contribution in [3.05, 3.63) is 83.3 Å². The third kappa shape index (κ3) is 4.91. The molecule has 4 rings (SSSR count). The van der Waals surface area contributed by atoms with E-state index in [1.807, 2.05) is 18.2 Å². The molecule has 2 aromatic heterocycles. The van der Waals surface area contributed by atoms with Gasteiger partial charge in [-0.2, -0.15) is 0 Å². The van der Waals surface area contributed by atoms with Crippen LogP contribution in [0.4, 0.5) is 11.5 Å². The number of sulfonamides is 1. The highest BCUT2D eigenvalue weighted by Gasteiger charge is 2.16. The molecule has 0 fully saturated rings. The van der Waals surface area contributed by atoms with E-state index in [4.69, 9.17) is 0 Å². The van der Waals surface area contributed by atoms with Crippen LogP contribution in [0.1, 0.15) is 22.4 Å². The third-order valence-electron chi connectivity index (χ3n) is 5.55. The van der Waals surface area contributed by atoms with Crippen molar-refractivity contribution < 1.29 is 8.42 Å². The monoisotopic (exact) mass is 449 g/mol. The maximum Gasteiger partial charge on any atom is 0.229 e. The maximum atomic E-state index is 11.3. The maximum absolute atomic E-state index is 11.3. The lowest BCUT2D eigenvalue weighted by molar-refractivity contribution is 0.607. The minimum Gasteiger partial charge on any atom is -0.369 e. The number of aryl methyl sites for hydroxylation is 1. The van der Waals surface area contributed by atoms with E-state index in [1.54, 1.807) is 18.5 Å². The largest absolute Gasteiger partial charge is 0.369 e. The molecule has 0 radical (unpaired) electrons. The van der Waals surface area contributed by atoms with Gasteiger partial charge in [0.05, 0.1) is 11.6 Å². The summed E-state index contributed by atoms with van der Waals surface area (Å²) in [5, 5.41) is 4.51. The number of hydrogen-bond acceptors (Lipinski definition) is 5. The second-order valence-corrected chi connectivity index (χ2v) is 9.70. The van der Waals surface area contributed by atoms with Crippen molar-refractivity contribution in [2.75, 3.05) is 22.8 Å². The molecule has 0 saturated carbocycles. The molecule has 2 aromatic carbocycles. The second-order valence-electron chi connectivity index (χ2n) is 7.95. The van der Waals surface area contributed by atoms with Gasteiger partial charge in [-0.05, 0) is 49.1 Å². The van der Waals surface area contributed by atoms with Crippen LogP contribution in [-0.2, 0) is 23.0 Å². The first-order valence-electron chi connectivity index (χ1n) is 10.5. The Kier molecular flexibility index (Phi) is 6.14. The average Bonchev–Trinajstić information content (AvgIpc) is 3.00. The van der Waals surface area contributed by atoms with E-state index in [2.05, 4.69) is 62.7 Å². The average molecular weight is 450 g/mol. The predicted molar refractivity (Wildman–Crippen MR) is 130 cm³/mol. The van der Waals surface area contributed by atoms with Crippen LogP contribution in [0.5, 0.6) is 0 Å². The summed E-state index contributed by atoms with van der Waals surface area (Å²) < 4.78 is 27.4. The number of aromatic nitrogens is 3. The van der Waals surface area contributed by atoms with Crippen LogP contribution in [0, 0.1) is 13.8 Å². The summed E-state index contributed by atoms with van der Waals surface area (Å²) in [5.74, 6) is 0.831. The lowest BCUT2D eigenvalue weighted by Crippen LogP contribution is -2.10. The number of benzene rings is 2. The Morgan fingerprint density at radius 1 is 0.938 bits per heavy atom. The van der Waals surface area contributed by atoms with Gasteiger partial charge in [-0.25, -0.2) is 18.4 Å². The van der Waals surface area contributed by atoms with E-state index in [-0.39, 0.29) is 0 Å². The van der Waals surface area contributed by atoms with Gasteiger partial charge in [-0.1, -0.05) is 42.5 Å². The number of hydrogen-bond donors (Lipinski definition) is 2. The summed E-state index contributed by atoms with van der Waals surface area (Å²) in [6.07, 6.45) is 3.54. The van der Waals surface area contributed by atoms with Gasteiger partial charge in [0.1, 0.15) is 17.8 Å². The number of fused-ring (bicyclic) bond motifs is 1. The van der Waals surface area contributed by atoms with E-state index in [0.29, 0.717) is 12.2 Å². The molecule has 0 aliphatic carbocycles. The normalized spacial score (nSPS) is 11.6. The van der Waals surface area contributed by atoms with E-state index in [0.717, 1.165) is 41.6 Å². The van der Waals surface area contributed by atoms with Gasteiger partial charge in [0.2, 0.25) is 10.0 Å². The van der Waals surface area contributed by atoms with Crippen molar-refractivity contribution in [2.45, 2.75) is 26.8 Å². The van der Waals surface area contributed by atoms with Crippen LogP contribution >= 0.6 is 0 Å². The van der Waals surface area contributed by atoms with Gasteiger partial charge < -0.3 is 9.88 Å². The van der Waals surface area contributed by atoms with Gasteiger partial charge in [-0.3, -0.25) is 4.72 Å². The topological polar surface area (TPSA) is 88.9 Å². The molecule has 0 atom stereocenters. The first kappa shape index (κ1) is 21.8. The zero-order valence-corrected chi connectivity index (χ0v) is 19.3. The molecule has 0 aliphatic heterocycles. The molecule has 2 heterocycles. The molecule has 2 N–H and O–H groups in total. The molecule has 0 bridgehead atoms. The molecule has 0 saturated heterocycles. The summed E-state index contributed by atoms with van der Waals surface area (Å²) in [4.78, 5) is 9.08. The van der Waals surface area contributed by atoms with Crippen LogP contribution in [0.2, 0.25) is 0 Å². The lowest BCUT2D eigenvalue weighted by atomic mass is 10.1. The first-order chi connectivity index (χ1) is 15.3. The summed E-state index contributed by atoms with van der Waals surface area (Å²) in [5.41, 5.74) is 6.19. The van der Waals surface area contributed by atoms with E-state index < -0.39 is 10.0 Å². The molecule has 8 heteroatoms. The number of nitrogens with one attached hydrogen (secondary N) is 2. The molecule has 0 aliphatic rings. The van der Waals surface area contributed by atoms with Gasteiger partial charge in [0.15, 0.2) is 0 Å². The Balaban J connectivity index is 1.50. The van der Waals surface area contributed by atoms with Crippen LogP contribution in [0.3, 0.4) is 0 Å². The Labute approximate surface area is 188 Å². The molecule has 0 spiro atoms. The fourth-order valence-electron chi connectivity index (χ4n) is 3.84. The molecule has 4 aromatic rings. The van der Waals surface area contributed by atoms with Crippen LogP contribution in [-0.4, -0.2) is 35.8 Å². The molecule has 0 unspecified atom stereocenters. The Bertz CT molecular complexity index is 1330. The van der Waals surface area contributed by atoms with Crippen molar-refractivity contribution >= 4 is 32.6 Å². The van der Waals surface area contributed by atoms with Crippen molar-refractivity contribution in [3.63, 3.8) is 0 Å². The smallest absolute Gasteiger partial charge is 0.229 e. The zero-order valence-electron chi connectivity index (χ0n) is 18.5. The quantitative estimate of drug-likeness (QED) is 0.422. The minimum absolute atomic E-state index is 0.563. The molecular formula is C24H27N5O2S. The van der Waals surface area contributed by atoms with E-state index in [1.165, 1.54) is 16.8 Å². The predicted octanol–water partition coefficient (Wildman–Crippen LogP) is 4.12. The van der Waals surface area contributed by atoms with E-state index >= 15 is 0 Å². The minimum atomic E-state index is -3.27. The lowest BCUT2D eigenvalue weighted by Gasteiger charge is -2.10. The summed E-state index contributed by atoms with van der Waals surface area (Å²) in [7, 11) is -3.27. The zero-order chi connectivity index (χ0) is 22.7. The first-order valence-corrected chi connectivity index (χ1v) is 12.4. The highest BCUT2D eigenvalue weighted by atomic mass is 32.2. The Morgan fingerprint density at radius 3 is 2.34 bits per heavy atom. The SMILES string of the molecule is Cc1c(C)n(Cc2ccccc2)c2ncnc(NCCc3ccc(NS(C)(=O)=O)cc3)c12. The highest BCUT2D eigenvalue weighted by Crippen LogP contribution is 2.29. The van der Waals surface area contributed by atoms with Crippen molar-refractivity contribution in [1.82, 2.24) is 14.5 Å². The van der Waals surface area contributed by atoms with E-state index in [9.17, 15) is 8.42 Å². The van der Waals surface area contributed by atoms with Gasteiger partial charge in [0.25, 0.3) is 0 Å². The molecule has 166 valence electrons. The second kappa shape index (κ2) is 9.00. The standard InChI is InChI=1S/C24H27N5O2S/c1-17-18(2)29(15-20-7-5-4-6-8-20)24-22(17)23(26-16-27-24)25-14-13-19-9-11-21(12-10-19)28-32(3,30)31/h4-12,16,28H,13-15H2,1-3H3,(H,25,26,27). The number of rotatable bonds is 8. The molecule has 0 amide bonds. The molecular weight excluding hydrogens is 422 g/mol. The summed E-state index contributed by atoms with van der Waals surface area (Å²) in [6.45, 7) is 5.70. The Morgan fingerprint density at radius 2 is 1.66 bits per heavy atom. The van der Waals surface area contributed by atoms with Crippen LogP contribution in [0.15, 0.2) is 60.9 Å². The van der Waals surface area contributed by atoms with Crippen LogP contribution < -0.4 is 10.0 Å². The molecule has 32 heavy (non-hydrogen) atoms. The highest BCUT2D eigenvalue weighted by molar-refractivity contribution is 7.92. The fraction of sp³-hybridized carbons (Fsp3) is 0.250. The van der Waals surface area contributed by atoms with Crippen LogP contribution in [0.25, 0.3) is 11.0 Å².